The van der Waals surface area contributed by atoms with Gasteiger partial charge in [0.2, 0.25) is 0 Å². The van der Waals surface area contributed by atoms with Gasteiger partial charge in [-0.2, -0.15) is 5.10 Å². The van der Waals surface area contributed by atoms with Gasteiger partial charge in [-0.25, -0.2) is 19.1 Å². The van der Waals surface area contributed by atoms with E-state index in [0.717, 1.165) is 28.1 Å². The highest BCUT2D eigenvalue weighted by atomic mass is 28.3. The first-order chi connectivity index (χ1) is 23.1. The molecule has 2 aromatic rings. The fraction of sp³-hybridized carbons (Fsp3) is 0.657. The second-order valence-corrected chi connectivity index (χ2v) is 20.5. The van der Waals surface area contributed by atoms with Gasteiger partial charge >= 0.3 is 18.2 Å². The number of esters is 1. The highest BCUT2D eigenvalue weighted by Crippen LogP contribution is 2.37. The first-order valence-corrected chi connectivity index (χ1v) is 21.0. The number of carbonyl (C=O) groups excluding carboxylic acids is 2. The van der Waals surface area contributed by atoms with E-state index in [0.29, 0.717) is 57.7 Å². The van der Waals surface area contributed by atoms with E-state index in [2.05, 4.69) is 36.1 Å². The van der Waals surface area contributed by atoms with E-state index in [9.17, 15) is 19.5 Å². The van der Waals surface area contributed by atoms with Crippen LogP contribution in [0.3, 0.4) is 0 Å². The number of hydrogen-bond acceptors (Lipinski definition) is 9. The van der Waals surface area contributed by atoms with Gasteiger partial charge in [0.15, 0.2) is 6.61 Å². The van der Waals surface area contributed by atoms with E-state index in [1.165, 1.54) is 4.90 Å². The zero-order valence-electron chi connectivity index (χ0n) is 30.1. The molecule has 2 heterocycles. The predicted molar refractivity (Wildman–Crippen MR) is 188 cm³/mol. The van der Waals surface area contributed by atoms with Crippen LogP contribution in [0.1, 0.15) is 65.4 Å². The number of rotatable bonds is 14. The Morgan fingerprint density at radius 2 is 1.92 bits per heavy atom. The summed E-state index contributed by atoms with van der Waals surface area (Å²) in [6.45, 7) is 15.6. The molecule has 1 unspecified atom stereocenters. The minimum Gasteiger partial charge on any atom is -0.481 e. The number of nitrogens with one attached hydrogen (secondary N) is 1. The summed E-state index contributed by atoms with van der Waals surface area (Å²) in [5.74, 6) is 0.116. The average Bonchev–Trinajstić information content (AvgIpc) is 3.41. The number of likely N-dealkylation sites (tertiary alicyclic amines) is 1. The maximum Gasteiger partial charge on any atom is 0.407 e. The molecular weight excluding hydrogens is 648 g/mol. The molecule has 0 saturated carbocycles. The van der Waals surface area contributed by atoms with E-state index in [1.807, 2.05) is 18.3 Å². The fourth-order valence-electron chi connectivity index (χ4n) is 6.02. The molecular formula is C35H54N4O9Si. The molecule has 0 bridgehead atoms. The summed E-state index contributed by atoms with van der Waals surface area (Å²) in [7, 11) is -1.22. The zero-order valence-corrected chi connectivity index (χ0v) is 31.1. The number of fused-ring (bicyclic) bond motifs is 1. The lowest BCUT2D eigenvalue weighted by Gasteiger charge is -2.40. The van der Waals surface area contributed by atoms with Crippen molar-refractivity contribution < 1.29 is 43.2 Å². The quantitative estimate of drug-likeness (QED) is 0.131. The Morgan fingerprint density at radius 1 is 1.14 bits per heavy atom. The van der Waals surface area contributed by atoms with Crippen LogP contribution in [-0.4, -0.2) is 103 Å². The molecule has 3 atom stereocenters. The molecule has 1 saturated heterocycles. The van der Waals surface area contributed by atoms with Gasteiger partial charge in [0.25, 0.3) is 0 Å². The number of alkyl carbamates (subject to hydrolysis) is 1. The molecule has 0 radical (unpaired) electrons. The zero-order chi connectivity index (χ0) is 35.8. The van der Waals surface area contributed by atoms with E-state index < -0.39 is 43.9 Å². The van der Waals surface area contributed by atoms with Crippen LogP contribution in [0.4, 0.5) is 9.59 Å². The number of hydrogen-bond donors (Lipinski definition) is 2. The summed E-state index contributed by atoms with van der Waals surface area (Å²) < 4.78 is 30.7. The Morgan fingerprint density at radius 3 is 2.57 bits per heavy atom. The average molecular weight is 703 g/mol. The van der Waals surface area contributed by atoms with Crippen LogP contribution in [-0.2, 0) is 30.5 Å². The van der Waals surface area contributed by atoms with Gasteiger partial charge in [-0.1, -0.05) is 25.7 Å². The van der Waals surface area contributed by atoms with Crippen molar-refractivity contribution in [1.82, 2.24) is 20.0 Å². The van der Waals surface area contributed by atoms with Crippen LogP contribution in [0.25, 0.3) is 16.5 Å². The lowest BCUT2D eigenvalue weighted by atomic mass is 9.90. The van der Waals surface area contributed by atoms with Crippen LogP contribution < -0.4 is 10.1 Å². The highest BCUT2D eigenvalue weighted by Gasteiger charge is 2.37. The van der Waals surface area contributed by atoms with Gasteiger partial charge in [-0.15, -0.1) is 0 Å². The van der Waals surface area contributed by atoms with Crippen molar-refractivity contribution in [2.24, 2.45) is 0 Å². The molecule has 272 valence electrons. The monoisotopic (exact) mass is 702 g/mol. The minimum absolute atomic E-state index is 0.132. The van der Waals surface area contributed by atoms with Crippen molar-refractivity contribution in [3.63, 3.8) is 0 Å². The first-order valence-electron chi connectivity index (χ1n) is 17.3. The van der Waals surface area contributed by atoms with Crippen LogP contribution in [0, 0.1) is 0 Å². The van der Waals surface area contributed by atoms with Crippen LogP contribution in [0.5, 0.6) is 5.75 Å². The van der Waals surface area contributed by atoms with Crippen molar-refractivity contribution in [3.8, 4) is 5.75 Å². The van der Waals surface area contributed by atoms with Gasteiger partial charge in [-0.05, 0) is 77.5 Å². The lowest BCUT2D eigenvalue weighted by Crippen LogP contribution is -2.59. The normalized spacial score (nSPS) is 20.1. The van der Waals surface area contributed by atoms with E-state index >= 15 is 0 Å². The topological polar surface area (TPSA) is 151 Å². The number of aromatic nitrogens is 2. The number of benzene rings is 1. The number of carboxylic acid groups (broad SMARTS) is 1. The second-order valence-electron chi connectivity index (χ2n) is 14.9. The summed E-state index contributed by atoms with van der Waals surface area (Å²) in [4.78, 5) is 38.2. The molecule has 13 nitrogen and oxygen atoms in total. The molecule has 1 aliphatic heterocycles. The van der Waals surface area contributed by atoms with E-state index in [4.69, 9.17) is 23.7 Å². The predicted octanol–water partition coefficient (Wildman–Crippen LogP) is 6.28. The molecule has 2 amide bonds. The molecule has 1 aromatic heterocycles. The smallest absolute Gasteiger partial charge is 0.407 e. The standard InChI is InChI=1S/C35H54N4O9Si/c1-8-45-32(40)22-47-31-19-29-25(20-36-39(29)23-44-16-17-49(5,6)7)18-27(31)24-11-13-26(14-12-24)46-21-30-28(10-9-15-38(30)34(42)43)37-33(41)48-35(2,3)4/h11,18-20,26,28,30H,8-10,12-17,21-23H2,1-7H3,(H,37,41)(H,42,43)/t26?,28-,30-/m0/s1. The van der Waals surface area contributed by atoms with Crippen molar-refractivity contribution in [3.05, 3.63) is 30.0 Å². The Bertz CT molecular complexity index is 1480. The molecule has 1 fully saturated rings. The van der Waals surface area contributed by atoms with Gasteiger partial charge in [0.1, 0.15) is 18.1 Å². The minimum atomic E-state index is -1.22. The molecule has 2 N–H and O–H groups in total. The molecule has 1 aromatic carbocycles. The van der Waals surface area contributed by atoms with Gasteiger partial charge < -0.3 is 39.0 Å². The van der Waals surface area contributed by atoms with Crippen LogP contribution in [0.2, 0.25) is 25.7 Å². The maximum absolute atomic E-state index is 12.6. The SMILES string of the molecule is CCOC(=O)COc1cc2c(cnn2COCC[Si](C)(C)C)cc1C1=CCC(OC[C@H]2[C@@H](NC(=O)OC(C)(C)C)CCCN2C(=O)O)CC1. The summed E-state index contributed by atoms with van der Waals surface area (Å²) in [5.41, 5.74) is 2.12. The third-order valence-corrected chi connectivity index (χ3v) is 10.2. The van der Waals surface area contributed by atoms with Crippen LogP contribution in [0.15, 0.2) is 24.4 Å². The first kappa shape index (κ1) is 38.2. The number of nitrogens with zero attached hydrogens (tertiary/aromatic N) is 3. The van der Waals surface area contributed by atoms with Crippen LogP contribution >= 0.6 is 0 Å². The van der Waals surface area contributed by atoms with Crippen molar-refractivity contribution >= 4 is 42.7 Å². The van der Waals surface area contributed by atoms with Gasteiger partial charge in [-0.3, -0.25) is 0 Å². The molecule has 2 aliphatic rings. The van der Waals surface area contributed by atoms with Crippen molar-refractivity contribution in [2.45, 2.75) is 116 Å². The molecule has 49 heavy (non-hydrogen) atoms. The third kappa shape index (κ3) is 11.5. The summed E-state index contributed by atoms with van der Waals surface area (Å²) in [6, 6.07) is 4.04. The van der Waals surface area contributed by atoms with E-state index in [1.54, 1.807) is 32.4 Å². The fourth-order valence-corrected chi connectivity index (χ4v) is 6.77. The molecule has 4 rings (SSSR count). The second kappa shape index (κ2) is 16.9. The highest BCUT2D eigenvalue weighted by molar-refractivity contribution is 6.76. The summed E-state index contributed by atoms with van der Waals surface area (Å²) >= 11 is 0. The Kier molecular flexibility index (Phi) is 13.1. The van der Waals surface area contributed by atoms with Crippen molar-refractivity contribution in [1.29, 1.82) is 0 Å². The molecule has 1 aliphatic carbocycles. The molecule has 0 spiro atoms. The summed E-state index contributed by atoms with van der Waals surface area (Å²) in [6.07, 6.45) is 5.44. The summed E-state index contributed by atoms with van der Waals surface area (Å²) in [5, 5.41) is 18.3. The lowest BCUT2D eigenvalue weighted by molar-refractivity contribution is -0.145. The van der Waals surface area contributed by atoms with Gasteiger partial charge in [0, 0.05) is 38.2 Å². The third-order valence-electron chi connectivity index (χ3n) is 8.54. The number of amides is 2. The Hall–Kier alpha value is -3.62. The number of carbonyl (C=O) groups is 3. The number of allylic oxidation sites excluding steroid dienone is 1. The largest absolute Gasteiger partial charge is 0.481 e. The Labute approximate surface area is 290 Å². The van der Waals surface area contributed by atoms with E-state index in [-0.39, 0.29) is 25.9 Å². The van der Waals surface area contributed by atoms with Gasteiger partial charge in [0.05, 0.1) is 43.1 Å². The van der Waals surface area contributed by atoms with Crippen molar-refractivity contribution in [2.75, 3.05) is 33.0 Å². The number of ether oxygens (including phenoxy) is 5. The Balaban J connectivity index is 1.47. The number of piperidine rings is 1. The molecule has 14 heteroatoms. The maximum atomic E-state index is 12.6.